The number of benzene rings is 1. The summed E-state index contributed by atoms with van der Waals surface area (Å²) in [4.78, 5) is 25.6. The fraction of sp³-hybridized carbons (Fsp3) is 0.556. The summed E-state index contributed by atoms with van der Waals surface area (Å²) < 4.78 is 0. The molecular weight excluding hydrogens is 304 g/mol. The second kappa shape index (κ2) is 7.77. The minimum atomic E-state index is -0.251. The fourth-order valence-corrected chi connectivity index (χ4v) is 3.24. The van der Waals surface area contributed by atoms with Crippen LogP contribution in [0.15, 0.2) is 24.3 Å². The highest BCUT2D eigenvalue weighted by Crippen LogP contribution is 2.27. The second-order valence-electron chi connectivity index (χ2n) is 6.85. The zero-order chi connectivity index (χ0) is 16.9. The molecule has 6 heteroatoms. The molecule has 130 valence electrons. The number of nitrogens with zero attached hydrogens (tertiary/aromatic N) is 1. The third-order valence-corrected chi connectivity index (χ3v) is 4.70. The summed E-state index contributed by atoms with van der Waals surface area (Å²) in [5, 5.41) is 6.11. The van der Waals surface area contributed by atoms with E-state index in [-0.39, 0.29) is 17.9 Å². The smallest absolute Gasteiger partial charge is 0.238 e. The van der Waals surface area contributed by atoms with Crippen LogP contribution >= 0.6 is 0 Å². The van der Waals surface area contributed by atoms with Crippen molar-refractivity contribution in [3.8, 4) is 0 Å². The van der Waals surface area contributed by atoms with Gasteiger partial charge in [-0.1, -0.05) is 12.1 Å². The lowest BCUT2D eigenvalue weighted by atomic mass is 10.1. The molecule has 1 atom stereocenters. The van der Waals surface area contributed by atoms with Gasteiger partial charge in [0, 0.05) is 12.2 Å². The molecule has 24 heavy (non-hydrogen) atoms. The number of nitrogens with one attached hydrogen (secondary N) is 2. The van der Waals surface area contributed by atoms with Crippen LogP contribution in [0.2, 0.25) is 0 Å². The number of carbonyl (C=O) groups is 2. The summed E-state index contributed by atoms with van der Waals surface area (Å²) in [6.07, 6.45) is 4.38. The van der Waals surface area contributed by atoms with E-state index in [4.69, 9.17) is 5.73 Å². The number of carbonyl (C=O) groups excluding carboxylic acids is 2. The average molecular weight is 330 g/mol. The van der Waals surface area contributed by atoms with Gasteiger partial charge in [0.25, 0.3) is 0 Å². The van der Waals surface area contributed by atoms with Crippen LogP contribution in [0.5, 0.6) is 0 Å². The summed E-state index contributed by atoms with van der Waals surface area (Å²) in [7, 11) is 0. The van der Waals surface area contributed by atoms with Crippen molar-refractivity contribution in [2.45, 2.75) is 38.3 Å². The predicted octanol–water partition coefficient (Wildman–Crippen LogP) is 1.07. The molecule has 1 aromatic rings. The summed E-state index contributed by atoms with van der Waals surface area (Å²) in [6, 6.07) is 7.62. The highest BCUT2D eigenvalue weighted by atomic mass is 16.2. The van der Waals surface area contributed by atoms with Crippen LogP contribution in [0.25, 0.3) is 0 Å². The Balaban J connectivity index is 1.51. The molecule has 1 aliphatic carbocycles. The Morgan fingerprint density at radius 3 is 2.83 bits per heavy atom. The maximum absolute atomic E-state index is 12.0. The maximum atomic E-state index is 12.0. The number of rotatable bonds is 8. The van der Waals surface area contributed by atoms with Crippen LogP contribution in [0.3, 0.4) is 0 Å². The Morgan fingerprint density at radius 2 is 2.08 bits per heavy atom. The highest BCUT2D eigenvalue weighted by molar-refractivity contribution is 5.92. The molecule has 3 rings (SSSR count). The van der Waals surface area contributed by atoms with Crippen molar-refractivity contribution in [3.05, 3.63) is 29.8 Å². The van der Waals surface area contributed by atoms with Gasteiger partial charge in [-0.15, -0.1) is 0 Å². The first kappa shape index (κ1) is 16.9. The Bertz CT molecular complexity index is 600. The lowest BCUT2D eigenvalue weighted by Crippen LogP contribution is -2.39. The van der Waals surface area contributed by atoms with Gasteiger partial charge in [-0.05, 0) is 62.4 Å². The summed E-state index contributed by atoms with van der Waals surface area (Å²) in [5.41, 5.74) is 7.33. The van der Waals surface area contributed by atoms with Gasteiger partial charge in [0.1, 0.15) is 0 Å². The number of nitrogens with two attached hydrogens (primary N) is 1. The third-order valence-electron chi connectivity index (χ3n) is 4.70. The van der Waals surface area contributed by atoms with Crippen LogP contribution < -0.4 is 16.4 Å². The van der Waals surface area contributed by atoms with Gasteiger partial charge in [0.15, 0.2) is 0 Å². The number of amides is 2. The minimum Gasteiger partial charge on any atom is -0.368 e. The fourth-order valence-electron chi connectivity index (χ4n) is 3.24. The van der Waals surface area contributed by atoms with Crippen molar-refractivity contribution in [3.63, 3.8) is 0 Å². The van der Waals surface area contributed by atoms with Crippen LogP contribution in [-0.2, 0) is 16.1 Å². The molecule has 0 bridgehead atoms. The lowest BCUT2D eigenvalue weighted by molar-refractivity contribution is -0.122. The van der Waals surface area contributed by atoms with E-state index in [2.05, 4.69) is 15.5 Å². The van der Waals surface area contributed by atoms with Crippen molar-refractivity contribution in [2.24, 2.45) is 11.7 Å². The SMILES string of the molecule is NC(=O)C1CCCN1Cc1cccc(NC(=O)CNCC2CC2)c1. The minimum absolute atomic E-state index is 0.0241. The second-order valence-corrected chi connectivity index (χ2v) is 6.85. The average Bonchev–Trinajstić information content (AvgIpc) is 3.24. The van der Waals surface area contributed by atoms with Gasteiger partial charge < -0.3 is 16.4 Å². The molecule has 2 fully saturated rings. The summed E-state index contributed by atoms with van der Waals surface area (Å²) in [5.74, 6) is 0.488. The zero-order valence-corrected chi connectivity index (χ0v) is 14.0. The maximum Gasteiger partial charge on any atom is 0.238 e. The molecule has 1 aromatic carbocycles. The quantitative estimate of drug-likeness (QED) is 0.665. The van der Waals surface area contributed by atoms with Crippen molar-refractivity contribution >= 4 is 17.5 Å². The first-order valence-electron chi connectivity index (χ1n) is 8.74. The van der Waals surface area contributed by atoms with Crippen LogP contribution in [-0.4, -0.2) is 42.4 Å². The zero-order valence-electron chi connectivity index (χ0n) is 14.0. The van der Waals surface area contributed by atoms with Crippen LogP contribution in [0.4, 0.5) is 5.69 Å². The largest absolute Gasteiger partial charge is 0.368 e. The number of primary amides is 1. The number of hydrogen-bond acceptors (Lipinski definition) is 4. The van der Waals surface area contributed by atoms with E-state index in [9.17, 15) is 9.59 Å². The Labute approximate surface area is 142 Å². The van der Waals surface area contributed by atoms with E-state index in [0.717, 1.165) is 43.1 Å². The predicted molar refractivity (Wildman–Crippen MR) is 93.3 cm³/mol. The van der Waals surface area contributed by atoms with E-state index in [1.807, 2.05) is 24.3 Å². The Morgan fingerprint density at radius 1 is 1.25 bits per heavy atom. The van der Waals surface area contributed by atoms with E-state index in [1.54, 1.807) is 0 Å². The summed E-state index contributed by atoms with van der Waals surface area (Å²) >= 11 is 0. The molecule has 2 aliphatic rings. The first-order chi connectivity index (χ1) is 11.6. The van der Waals surface area contributed by atoms with Crippen molar-refractivity contribution in [1.82, 2.24) is 10.2 Å². The van der Waals surface area contributed by atoms with Gasteiger partial charge in [-0.25, -0.2) is 0 Å². The van der Waals surface area contributed by atoms with E-state index in [0.29, 0.717) is 13.1 Å². The molecule has 1 saturated heterocycles. The Hall–Kier alpha value is -1.92. The molecular formula is C18H26N4O2. The van der Waals surface area contributed by atoms with Crippen molar-refractivity contribution in [2.75, 3.05) is 25.0 Å². The van der Waals surface area contributed by atoms with E-state index < -0.39 is 0 Å². The third kappa shape index (κ3) is 4.79. The van der Waals surface area contributed by atoms with Crippen LogP contribution in [0, 0.1) is 5.92 Å². The molecule has 0 spiro atoms. The van der Waals surface area contributed by atoms with Gasteiger partial charge in [-0.3, -0.25) is 14.5 Å². The van der Waals surface area contributed by atoms with Gasteiger partial charge >= 0.3 is 0 Å². The Kier molecular flexibility index (Phi) is 5.48. The van der Waals surface area contributed by atoms with Crippen molar-refractivity contribution < 1.29 is 9.59 Å². The number of anilines is 1. The molecule has 4 N–H and O–H groups in total. The van der Waals surface area contributed by atoms with Gasteiger partial charge in [0.05, 0.1) is 12.6 Å². The highest BCUT2D eigenvalue weighted by Gasteiger charge is 2.28. The van der Waals surface area contributed by atoms with Gasteiger partial charge in [0.2, 0.25) is 11.8 Å². The normalized spacial score (nSPS) is 20.9. The topological polar surface area (TPSA) is 87.5 Å². The van der Waals surface area contributed by atoms with E-state index >= 15 is 0 Å². The molecule has 1 aliphatic heterocycles. The molecule has 1 saturated carbocycles. The number of likely N-dealkylation sites (tertiary alicyclic amines) is 1. The summed E-state index contributed by atoms with van der Waals surface area (Å²) in [6.45, 7) is 2.83. The van der Waals surface area contributed by atoms with Crippen LogP contribution in [0.1, 0.15) is 31.2 Å². The van der Waals surface area contributed by atoms with Crippen molar-refractivity contribution in [1.29, 1.82) is 0 Å². The molecule has 1 heterocycles. The lowest BCUT2D eigenvalue weighted by Gasteiger charge is -2.22. The monoisotopic (exact) mass is 330 g/mol. The molecule has 2 amide bonds. The standard InChI is InChI=1S/C18H26N4O2/c19-18(24)16-5-2-8-22(16)12-14-3-1-4-15(9-14)21-17(23)11-20-10-13-6-7-13/h1,3-4,9,13,16,20H,2,5-8,10-12H2,(H2,19,24)(H,21,23). The van der Waals surface area contributed by atoms with E-state index in [1.165, 1.54) is 12.8 Å². The first-order valence-corrected chi connectivity index (χ1v) is 8.74. The molecule has 0 aromatic heterocycles. The molecule has 1 unspecified atom stereocenters. The number of hydrogen-bond donors (Lipinski definition) is 3. The molecule has 6 nitrogen and oxygen atoms in total. The van der Waals surface area contributed by atoms with Gasteiger partial charge in [-0.2, -0.15) is 0 Å². The molecule has 0 radical (unpaired) electrons.